The molecule has 0 aliphatic carbocycles. The van der Waals surface area contributed by atoms with Crippen molar-refractivity contribution in [2.24, 2.45) is 5.92 Å². The van der Waals surface area contributed by atoms with Gasteiger partial charge in [-0.05, 0) is 56.5 Å². The van der Waals surface area contributed by atoms with Gasteiger partial charge in [-0.25, -0.2) is 9.71 Å². The molecule has 1 amide bonds. The van der Waals surface area contributed by atoms with Gasteiger partial charge in [0.05, 0.1) is 19.8 Å². The number of sulfonamides is 1. The van der Waals surface area contributed by atoms with Crippen LogP contribution >= 0.6 is 0 Å². The second-order valence-corrected chi connectivity index (χ2v) is 10.9. The lowest BCUT2D eigenvalue weighted by Crippen LogP contribution is -2.43. The smallest absolute Gasteiger partial charge is 0.281 e. The van der Waals surface area contributed by atoms with Gasteiger partial charge in [0.25, 0.3) is 15.9 Å². The van der Waals surface area contributed by atoms with Crippen molar-refractivity contribution in [3.05, 3.63) is 60.3 Å². The third-order valence-electron chi connectivity index (χ3n) is 6.75. The van der Waals surface area contributed by atoms with Gasteiger partial charge in [0.1, 0.15) is 11.6 Å². The molecular formula is C26H30N4O6S. The minimum Gasteiger partial charge on any atom is -0.493 e. The van der Waals surface area contributed by atoms with Gasteiger partial charge in [-0.1, -0.05) is 13.0 Å². The maximum absolute atomic E-state index is 13.2. The highest BCUT2D eigenvalue weighted by Crippen LogP contribution is 2.38. The molecule has 1 atom stereocenters. The van der Waals surface area contributed by atoms with Gasteiger partial charge in [-0.2, -0.15) is 13.4 Å². The number of amides is 1. The van der Waals surface area contributed by atoms with Crippen molar-refractivity contribution in [2.75, 3.05) is 25.7 Å². The Bertz CT molecular complexity index is 1410. The molecule has 1 fully saturated rings. The van der Waals surface area contributed by atoms with E-state index >= 15 is 0 Å². The van der Waals surface area contributed by atoms with Crippen molar-refractivity contribution in [3.63, 3.8) is 0 Å². The summed E-state index contributed by atoms with van der Waals surface area (Å²) in [4.78, 5) is 23.7. The summed E-state index contributed by atoms with van der Waals surface area (Å²) in [5.74, 6) is 1.40. The van der Waals surface area contributed by atoms with Gasteiger partial charge in [0.2, 0.25) is 5.88 Å². The van der Waals surface area contributed by atoms with Gasteiger partial charge in [-0.3, -0.25) is 4.79 Å². The lowest BCUT2D eigenvalue weighted by atomic mass is 9.90. The predicted molar refractivity (Wildman–Crippen MR) is 138 cm³/mol. The van der Waals surface area contributed by atoms with Crippen LogP contribution in [-0.2, 0) is 10.0 Å². The van der Waals surface area contributed by atoms with Crippen molar-refractivity contribution in [3.8, 4) is 23.1 Å². The van der Waals surface area contributed by atoms with E-state index in [1.165, 1.54) is 32.4 Å². The van der Waals surface area contributed by atoms with Gasteiger partial charge < -0.3 is 19.1 Å². The Hall–Kier alpha value is -3.86. The maximum Gasteiger partial charge on any atom is 0.281 e. The topological polar surface area (TPSA) is 120 Å². The molecule has 0 radical (unpaired) electrons. The number of hydrogen-bond donors (Lipinski definition) is 1. The first kappa shape index (κ1) is 26.2. The van der Waals surface area contributed by atoms with Crippen molar-refractivity contribution in [2.45, 2.75) is 37.8 Å². The number of aromatic nitrogens is 2. The number of carbonyl (C=O) groups excluding carboxylic acids is 1. The van der Waals surface area contributed by atoms with Crippen molar-refractivity contribution < 1.29 is 27.4 Å². The van der Waals surface area contributed by atoms with E-state index in [0.717, 1.165) is 13.0 Å². The zero-order valence-corrected chi connectivity index (χ0v) is 22.2. The standard InChI is InChI=1S/C26H30N4O6S/c1-17-13-15-30(26(17,2)3)24-19(8-7-14-27-24)25(31)29-37(32,33)23-10-6-9-22(28-23)36-18-11-12-20(34-4)21(16-18)35-5/h6-12,14,16-17H,13,15H2,1-5H3,(H,29,31). The molecule has 1 aliphatic heterocycles. The van der Waals surface area contributed by atoms with E-state index < -0.39 is 15.9 Å². The third kappa shape index (κ3) is 5.31. The lowest BCUT2D eigenvalue weighted by Gasteiger charge is -2.36. The minimum absolute atomic E-state index is 0.0254. The Kier molecular flexibility index (Phi) is 7.26. The van der Waals surface area contributed by atoms with Crippen LogP contribution < -0.4 is 23.8 Å². The van der Waals surface area contributed by atoms with Crippen LogP contribution in [0.4, 0.5) is 5.82 Å². The van der Waals surface area contributed by atoms with Crippen LogP contribution in [0.5, 0.6) is 23.1 Å². The van der Waals surface area contributed by atoms with E-state index in [1.807, 2.05) is 0 Å². The fraction of sp³-hybridized carbons (Fsp3) is 0.346. The molecular weight excluding hydrogens is 496 g/mol. The van der Waals surface area contributed by atoms with Crippen LogP contribution in [-0.4, -0.2) is 50.6 Å². The highest BCUT2D eigenvalue weighted by atomic mass is 32.2. The summed E-state index contributed by atoms with van der Waals surface area (Å²) in [6.45, 7) is 7.04. The monoisotopic (exact) mass is 526 g/mol. The Morgan fingerprint density at radius 2 is 1.84 bits per heavy atom. The number of hydrogen-bond acceptors (Lipinski definition) is 9. The number of pyridine rings is 2. The zero-order valence-electron chi connectivity index (χ0n) is 21.4. The Balaban J connectivity index is 1.56. The van der Waals surface area contributed by atoms with Gasteiger partial charge in [-0.15, -0.1) is 0 Å². The van der Waals surface area contributed by atoms with Gasteiger partial charge in [0, 0.05) is 30.4 Å². The van der Waals surface area contributed by atoms with Crippen LogP contribution in [0.3, 0.4) is 0 Å². The third-order valence-corrected chi connectivity index (χ3v) is 7.98. The van der Waals surface area contributed by atoms with E-state index in [1.54, 1.807) is 36.5 Å². The molecule has 37 heavy (non-hydrogen) atoms. The molecule has 1 N–H and O–H groups in total. The molecule has 4 rings (SSSR count). The first-order chi connectivity index (χ1) is 17.6. The highest BCUT2D eigenvalue weighted by molar-refractivity contribution is 7.90. The SMILES string of the molecule is COc1ccc(Oc2cccc(S(=O)(=O)NC(=O)c3cccnc3N3CCC(C)C3(C)C)n2)cc1OC. The number of carbonyl (C=O) groups is 1. The molecule has 0 spiro atoms. The zero-order chi connectivity index (χ0) is 26.8. The molecule has 0 saturated carbocycles. The molecule has 0 bridgehead atoms. The van der Waals surface area contributed by atoms with Gasteiger partial charge >= 0.3 is 0 Å². The normalized spacial score (nSPS) is 16.8. The van der Waals surface area contributed by atoms with E-state index in [0.29, 0.717) is 29.0 Å². The predicted octanol–water partition coefficient (Wildman–Crippen LogP) is 4.03. The van der Waals surface area contributed by atoms with Crippen molar-refractivity contribution in [1.82, 2.24) is 14.7 Å². The quantitative estimate of drug-likeness (QED) is 0.464. The molecule has 1 unspecified atom stereocenters. The summed E-state index contributed by atoms with van der Waals surface area (Å²) in [6.07, 6.45) is 2.54. The fourth-order valence-corrected chi connectivity index (χ4v) is 5.16. The number of benzene rings is 1. The average molecular weight is 527 g/mol. The van der Waals surface area contributed by atoms with Crippen molar-refractivity contribution >= 4 is 21.7 Å². The molecule has 2 aromatic heterocycles. The summed E-state index contributed by atoms with van der Waals surface area (Å²) < 4.78 is 44.5. The molecule has 3 aromatic rings. The van der Waals surface area contributed by atoms with Crippen LogP contribution in [0.25, 0.3) is 0 Å². The van der Waals surface area contributed by atoms with Crippen LogP contribution in [0.15, 0.2) is 59.8 Å². The maximum atomic E-state index is 13.2. The summed E-state index contributed by atoms with van der Waals surface area (Å²) >= 11 is 0. The van der Waals surface area contributed by atoms with E-state index in [-0.39, 0.29) is 22.0 Å². The lowest BCUT2D eigenvalue weighted by molar-refractivity contribution is 0.0981. The molecule has 196 valence electrons. The first-order valence-corrected chi connectivity index (χ1v) is 13.2. The highest BCUT2D eigenvalue weighted by Gasteiger charge is 2.40. The number of nitrogens with zero attached hydrogens (tertiary/aromatic N) is 3. The summed E-state index contributed by atoms with van der Waals surface area (Å²) in [5.41, 5.74) is -0.0643. The minimum atomic E-state index is -4.31. The Morgan fingerprint density at radius 1 is 1.08 bits per heavy atom. The number of methoxy groups -OCH3 is 2. The number of rotatable bonds is 8. The number of ether oxygens (including phenoxy) is 3. The Labute approximate surface area is 216 Å². The van der Waals surface area contributed by atoms with E-state index in [2.05, 4.69) is 40.4 Å². The van der Waals surface area contributed by atoms with E-state index in [4.69, 9.17) is 14.2 Å². The van der Waals surface area contributed by atoms with Crippen molar-refractivity contribution in [1.29, 1.82) is 0 Å². The summed E-state index contributed by atoms with van der Waals surface area (Å²) in [6, 6.07) is 12.3. The summed E-state index contributed by atoms with van der Waals surface area (Å²) in [5, 5.41) is -0.362. The molecule has 10 nitrogen and oxygen atoms in total. The van der Waals surface area contributed by atoms with E-state index in [9.17, 15) is 13.2 Å². The van der Waals surface area contributed by atoms with Gasteiger partial charge in [0.15, 0.2) is 16.5 Å². The van der Waals surface area contributed by atoms with Crippen LogP contribution in [0.2, 0.25) is 0 Å². The largest absolute Gasteiger partial charge is 0.493 e. The molecule has 1 aliphatic rings. The fourth-order valence-electron chi connectivity index (χ4n) is 4.23. The Morgan fingerprint density at radius 3 is 2.51 bits per heavy atom. The van der Waals surface area contributed by atoms with Crippen LogP contribution in [0.1, 0.15) is 37.6 Å². The summed E-state index contributed by atoms with van der Waals surface area (Å²) in [7, 11) is -1.30. The molecule has 3 heterocycles. The number of anilines is 1. The number of nitrogens with one attached hydrogen (secondary N) is 1. The second-order valence-electron chi connectivity index (χ2n) is 9.24. The average Bonchev–Trinajstić information content (AvgIpc) is 3.15. The molecule has 1 aromatic carbocycles. The molecule has 11 heteroatoms. The first-order valence-electron chi connectivity index (χ1n) is 11.7. The van der Waals surface area contributed by atoms with Crippen LogP contribution in [0, 0.1) is 5.92 Å². The second kappa shape index (κ2) is 10.3. The molecule has 1 saturated heterocycles.